The van der Waals surface area contributed by atoms with Crippen LogP contribution in [0.1, 0.15) is 119 Å². The highest BCUT2D eigenvalue weighted by molar-refractivity contribution is 7.57. The molecule has 3 atom stereocenters. The van der Waals surface area contributed by atoms with E-state index in [1.807, 2.05) is 0 Å². The average molecular weight is 371 g/mol. The molecule has 0 aliphatic heterocycles. The molecule has 152 valence electrons. The monoisotopic (exact) mass is 370 g/mol. The van der Waals surface area contributed by atoms with Crippen molar-refractivity contribution in [2.75, 3.05) is 18.5 Å². The summed E-state index contributed by atoms with van der Waals surface area (Å²) in [6, 6.07) is 0. The second kappa shape index (κ2) is 17.8. The van der Waals surface area contributed by atoms with Gasteiger partial charge in [-0.25, -0.2) is 0 Å². The maximum atomic E-state index is 2.44. The number of hydrogen-bond donors (Lipinski definition) is 0. The van der Waals surface area contributed by atoms with E-state index >= 15 is 0 Å². The number of hydrogen-bond acceptors (Lipinski definition) is 0. The van der Waals surface area contributed by atoms with Gasteiger partial charge in [-0.2, -0.15) is 0 Å². The van der Waals surface area contributed by atoms with Gasteiger partial charge in [0.25, 0.3) is 0 Å². The van der Waals surface area contributed by atoms with Crippen LogP contribution in [0.4, 0.5) is 0 Å². The second-order valence-corrected chi connectivity index (χ2v) is 10.9. The van der Waals surface area contributed by atoms with Crippen molar-refractivity contribution in [2.45, 2.75) is 119 Å². The van der Waals surface area contributed by atoms with Gasteiger partial charge in [-0.1, -0.05) is 119 Å². The molecule has 0 saturated heterocycles. The molecule has 0 aromatic heterocycles. The Labute approximate surface area is 163 Å². The van der Waals surface area contributed by atoms with E-state index in [0.29, 0.717) is 0 Å². The van der Waals surface area contributed by atoms with Crippen molar-refractivity contribution in [3.63, 3.8) is 0 Å². The highest BCUT2D eigenvalue weighted by Gasteiger charge is 2.21. The van der Waals surface area contributed by atoms with Crippen LogP contribution < -0.4 is 0 Å². The normalized spacial score (nSPS) is 16.6. The van der Waals surface area contributed by atoms with Crippen LogP contribution in [0, 0.1) is 17.8 Å². The first-order valence-corrected chi connectivity index (χ1v) is 13.8. The lowest BCUT2D eigenvalue weighted by Gasteiger charge is -2.30. The Bertz CT molecular complexity index is 220. The molecule has 0 aliphatic rings. The molecule has 1 heteroatoms. The first-order chi connectivity index (χ1) is 12.1. The molecule has 0 rings (SSSR count). The smallest absolute Gasteiger partial charge is 0.0297 e. The van der Waals surface area contributed by atoms with Gasteiger partial charge < -0.3 is 0 Å². The quantitative estimate of drug-likeness (QED) is 0.211. The largest absolute Gasteiger partial charge is 0.106 e. The number of rotatable bonds is 18. The third kappa shape index (κ3) is 13.3. The molecule has 0 heterocycles. The van der Waals surface area contributed by atoms with E-state index in [-0.39, 0.29) is 7.92 Å². The highest BCUT2D eigenvalue weighted by atomic mass is 31.1. The lowest BCUT2D eigenvalue weighted by Crippen LogP contribution is -2.15. The van der Waals surface area contributed by atoms with Crippen molar-refractivity contribution in [3.8, 4) is 0 Å². The van der Waals surface area contributed by atoms with Crippen molar-refractivity contribution in [3.05, 3.63) is 0 Å². The molecule has 0 spiro atoms. The predicted molar refractivity (Wildman–Crippen MR) is 121 cm³/mol. The van der Waals surface area contributed by atoms with E-state index in [0.717, 1.165) is 17.8 Å². The molecule has 0 aromatic carbocycles. The zero-order valence-corrected chi connectivity index (χ0v) is 19.7. The van der Waals surface area contributed by atoms with Crippen LogP contribution in [-0.4, -0.2) is 18.5 Å². The minimum atomic E-state index is 0.254. The van der Waals surface area contributed by atoms with Crippen LogP contribution in [0.5, 0.6) is 0 Å². The van der Waals surface area contributed by atoms with Gasteiger partial charge in [-0.15, -0.1) is 7.92 Å². The van der Waals surface area contributed by atoms with Crippen molar-refractivity contribution in [1.29, 1.82) is 0 Å². The van der Waals surface area contributed by atoms with Crippen molar-refractivity contribution < 1.29 is 0 Å². The van der Waals surface area contributed by atoms with Crippen LogP contribution in [0.3, 0.4) is 0 Å². The Kier molecular flexibility index (Phi) is 18.1. The van der Waals surface area contributed by atoms with Crippen LogP contribution in [-0.2, 0) is 0 Å². The van der Waals surface area contributed by atoms with Gasteiger partial charge in [0.1, 0.15) is 0 Å². The van der Waals surface area contributed by atoms with Crippen LogP contribution in [0.15, 0.2) is 0 Å². The molecule has 3 unspecified atom stereocenters. The Morgan fingerprint density at radius 3 is 0.960 bits per heavy atom. The fourth-order valence-corrected chi connectivity index (χ4v) is 8.03. The highest BCUT2D eigenvalue weighted by Crippen LogP contribution is 2.45. The summed E-state index contributed by atoms with van der Waals surface area (Å²) in [6.07, 6.45) is 21.9. The molecule has 25 heavy (non-hydrogen) atoms. The Balaban J connectivity index is 4.80. The summed E-state index contributed by atoms with van der Waals surface area (Å²) in [5.41, 5.74) is 0. The summed E-state index contributed by atoms with van der Waals surface area (Å²) in [7, 11) is 0.254. The maximum Gasteiger partial charge on any atom is -0.0297 e. The average Bonchev–Trinajstić information content (AvgIpc) is 2.64. The van der Waals surface area contributed by atoms with E-state index in [1.165, 1.54) is 77.0 Å². The summed E-state index contributed by atoms with van der Waals surface area (Å²) >= 11 is 0. The zero-order chi connectivity index (χ0) is 18.9. The first kappa shape index (κ1) is 25.4. The van der Waals surface area contributed by atoms with Crippen LogP contribution in [0.25, 0.3) is 0 Å². The minimum absolute atomic E-state index is 0.254. The molecule has 0 N–H and O–H groups in total. The molecular weight excluding hydrogens is 319 g/mol. The summed E-state index contributed by atoms with van der Waals surface area (Å²) in [6.45, 7) is 14.4. The van der Waals surface area contributed by atoms with Gasteiger partial charge in [0.2, 0.25) is 0 Å². The molecule has 0 saturated carbocycles. The van der Waals surface area contributed by atoms with Crippen LogP contribution in [0.2, 0.25) is 0 Å². The summed E-state index contributed by atoms with van der Waals surface area (Å²) in [5, 5.41) is 0. The molecule has 0 radical (unpaired) electrons. The van der Waals surface area contributed by atoms with Crippen LogP contribution >= 0.6 is 7.92 Å². The van der Waals surface area contributed by atoms with Gasteiger partial charge >= 0.3 is 0 Å². The van der Waals surface area contributed by atoms with Crippen molar-refractivity contribution in [1.82, 2.24) is 0 Å². The van der Waals surface area contributed by atoms with Crippen molar-refractivity contribution in [2.24, 2.45) is 17.8 Å². The van der Waals surface area contributed by atoms with E-state index in [1.54, 1.807) is 18.5 Å². The molecule has 0 bridgehead atoms. The fourth-order valence-electron chi connectivity index (χ4n) is 4.07. The van der Waals surface area contributed by atoms with E-state index in [4.69, 9.17) is 0 Å². The lowest BCUT2D eigenvalue weighted by atomic mass is 10.0. The van der Waals surface area contributed by atoms with Gasteiger partial charge in [-0.05, 0) is 36.2 Å². The van der Waals surface area contributed by atoms with Crippen molar-refractivity contribution >= 4 is 7.92 Å². The summed E-state index contributed by atoms with van der Waals surface area (Å²) in [5.74, 6) is 3.04. The van der Waals surface area contributed by atoms with Gasteiger partial charge in [0.15, 0.2) is 0 Å². The molecule has 0 nitrogen and oxygen atoms in total. The molecule has 0 fully saturated rings. The lowest BCUT2D eigenvalue weighted by molar-refractivity contribution is 0.471. The summed E-state index contributed by atoms with van der Waals surface area (Å²) < 4.78 is 0. The Morgan fingerprint density at radius 2 is 0.760 bits per heavy atom. The Hall–Kier alpha value is 0.430. The third-order valence-corrected chi connectivity index (χ3v) is 9.28. The summed E-state index contributed by atoms with van der Waals surface area (Å²) in [4.78, 5) is 0. The first-order valence-electron chi connectivity index (χ1n) is 11.9. The molecule has 0 aliphatic carbocycles. The SMILES string of the molecule is CCCCC(CC)CP(CC(CC)CCCC)CC(CC)CCCC. The zero-order valence-electron chi connectivity index (χ0n) is 18.8. The number of unbranched alkanes of at least 4 members (excludes halogenated alkanes) is 3. The van der Waals surface area contributed by atoms with Gasteiger partial charge in [-0.3, -0.25) is 0 Å². The van der Waals surface area contributed by atoms with E-state index in [2.05, 4.69) is 41.5 Å². The minimum Gasteiger partial charge on any atom is -0.106 e. The third-order valence-electron chi connectivity index (χ3n) is 6.18. The van der Waals surface area contributed by atoms with E-state index < -0.39 is 0 Å². The Morgan fingerprint density at radius 1 is 0.480 bits per heavy atom. The standard InChI is InChI=1S/C24H51P/c1-7-13-16-22(10-4)19-25(20-23(11-5)17-14-8-2)21-24(12-6)18-15-9-3/h22-24H,7-21H2,1-6H3. The topological polar surface area (TPSA) is 0 Å². The van der Waals surface area contributed by atoms with Gasteiger partial charge in [0, 0.05) is 0 Å². The van der Waals surface area contributed by atoms with E-state index in [9.17, 15) is 0 Å². The molecule has 0 aromatic rings. The van der Waals surface area contributed by atoms with Gasteiger partial charge in [0.05, 0.1) is 0 Å². The predicted octanol–water partition coefficient (Wildman–Crippen LogP) is 9.12. The molecule has 0 amide bonds. The maximum absolute atomic E-state index is 2.44. The molecular formula is C24H51P. The fraction of sp³-hybridized carbons (Fsp3) is 1.00. The second-order valence-electron chi connectivity index (χ2n) is 8.47.